The van der Waals surface area contributed by atoms with Gasteiger partial charge in [0.2, 0.25) is 0 Å². The SMILES string of the molecule is CC(C)(C)OC(=O)N1CCN[C@@]2(CCCN(C(=O)OCc3ccccc3)CC2)C1. The highest BCUT2D eigenvalue weighted by Crippen LogP contribution is 2.27. The van der Waals surface area contributed by atoms with Crippen LogP contribution in [0, 0.1) is 0 Å². The third kappa shape index (κ3) is 6.10. The van der Waals surface area contributed by atoms with Gasteiger partial charge in [0.05, 0.1) is 0 Å². The Labute approximate surface area is 173 Å². The molecule has 2 saturated heterocycles. The van der Waals surface area contributed by atoms with E-state index in [-0.39, 0.29) is 24.3 Å². The van der Waals surface area contributed by atoms with Crippen LogP contribution in [0.1, 0.15) is 45.6 Å². The molecule has 7 nitrogen and oxygen atoms in total. The minimum absolute atomic E-state index is 0.177. The van der Waals surface area contributed by atoms with Gasteiger partial charge in [0.15, 0.2) is 0 Å². The van der Waals surface area contributed by atoms with E-state index in [1.807, 2.05) is 51.1 Å². The highest BCUT2D eigenvalue weighted by molar-refractivity contribution is 5.69. The minimum Gasteiger partial charge on any atom is -0.445 e. The van der Waals surface area contributed by atoms with Gasteiger partial charge in [0, 0.05) is 38.3 Å². The summed E-state index contributed by atoms with van der Waals surface area (Å²) in [6.07, 6.45) is 2.03. The van der Waals surface area contributed by atoms with Crippen molar-refractivity contribution in [2.45, 2.75) is 57.8 Å². The van der Waals surface area contributed by atoms with Gasteiger partial charge in [-0.15, -0.1) is 0 Å². The Morgan fingerprint density at radius 2 is 1.79 bits per heavy atom. The van der Waals surface area contributed by atoms with E-state index >= 15 is 0 Å². The van der Waals surface area contributed by atoms with E-state index in [0.717, 1.165) is 31.4 Å². The normalized spacial score (nSPS) is 22.9. The summed E-state index contributed by atoms with van der Waals surface area (Å²) in [6.45, 7) is 9.19. The van der Waals surface area contributed by atoms with E-state index in [0.29, 0.717) is 26.2 Å². The van der Waals surface area contributed by atoms with E-state index in [1.165, 1.54) is 0 Å². The fraction of sp³-hybridized carbons (Fsp3) is 0.636. The summed E-state index contributed by atoms with van der Waals surface area (Å²) in [7, 11) is 0. The number of ether oxygens (including phenoxy) is 2. The van der Waals surface area contributed by atoms with Crippen molar-refractivity contribution in [1.29, 1.82) is 0 Å². The average Bonchev–Trinajstić information content (AvgIpc) is 2.88. The molecule has 7 heteroatoms. The molecule has 1 aromatic rings. The van der Waals surface area contributed by atoms with Crippen molar-refractivity contribution in [2.75, 3.05) is 32.7 Å². The monoisotopic (exact) mass is 403 g/mol. The third-order valence-corrected chi connectivity index (χ3v) is 5.43. The second kappa shape index (κ2) is 9.03. The predicted molar refractivity (Wildman–Crippen MR) is 111 cm³/mol. The number of carbonyl (C=O) groups is 2. The Balaban J connectivity index is 1.54. The first kappa shape index (κ1) is 21.4. The van der Waals surface area contributed by atoms with Crippen LogP contribution in [0.15, 0.2) is 30.3 Å². The molecule has 160 valence electrons. The van der Waals surface area contributed by atoms with Gasteiger partial charge in [-0.2, -0.15) is 0 Å². The molecule has 2 amide bonds. The van der Waals surface area contributed by atoms with Gasteiger partial charge in [-0.3, -0.25) is 0 Å². The number of amides is 2. The summed E-state index contributed by atoms with van der Waals surface area (Å²) in [4.78, 5) is 28.6. The maximum Gasteiger partial charge on any atom is 0.410 e. The number of benzene rings is 1. The van der Waals surface area contributed by atoms with Crippen LogP contribution < -0.4 is 5.32 Å². The van der Waals surface area contributed by atoms with Crippen LogP contribution in [0.2, 0.25) is 0 Å². The van der Waals surface area contributed by atoms with E-state index in [2.05, 4.69) is 5.32 Å². The largest absolute Gasteiger partial charge is 0.445 e. The van der Waals surface area contributed by atoms with Gasteiger partial charge in [0.25, 0.3) is 0 Å². The van der Waals surface area contributed by atoms with E-state index in [1.54, 1.807) is 9.80 Å². The van der Waals surface area contributed by atoms with E-state index < -0.39 is 5.60 Å². The maximum absolute atomic E-state index is 12.5. The molecule has 0 saturated carbocycles. The summed E-state index contributed by atoms with van der Waals surface area (Å²) in [6, 6.07) is 9.70. The number of nitrogens with zero attached hydrogens (tertiary/aromatic N) is 2. The van der Waals surface area contributed by atoms with Crippen molar-refractivity contribution in [2.24, 2.45) is 0 Å². The molecule has 0 unspecified atom stereocenters. The first-order valence-corrected chi connectivity index (χ1v) is 10.4. The van der Waals surface area contributed by atoms with Crippen LogP contribution in [0.3, 0.4) is 0 Å². The van der Waals surface area contributed by atoms with Crippen molar-refractivity contribution in [3.63, 3.8) is 0 Å². The van der Waals surface area contributed by atoms with Crippen molar-refractivity contribution in [3.8, 4) is 0 Å². The topological polar surface area (TPSA) is 71.1 Å². The first-order chi connectivity index (χ1) is 13.8. The summed E-state index contributed by atoms with van der Waals surface area (Å²) in [5, 5.41) is 3.61. The molecule has 0 aliphatic carbocycles. The lowest BCUT2D eigenvalue weighted by molar-refractivity contribution is 0.0106. The lowest BCUT2D eigenvalue weighted by Gasteiger charge is -2.43. The summed E-state index contributed by atoms with van der Waals surface area (Å²) in [5.41, 5.74) is 0.302. The van der Waals surface area contributed by atoms with Crippen molar-refractivity contribution >= 4 is 12.2 Å². The molecule has 29 heavy (non-hydrogen) atoms. The molecule has 1 spiro atoms. The van der Waals surface area contributed by atoms with Gasteiger partial charge in [-0.05, 0) is 45.6 Å². The standard InChI is InChI=1S/C22H33N3O4/c1-21(2,3)29-20(27)25-15-12-23-22(17-25)10-7-13-24(14-11-22)19(26)28-16-18-8-5-4-6-9-18/h4-6,8-9,23H,7,10-17H2,1-3H3/t22-/m1/s1. The molecule has 0 bridgehead atoms. The fourth-order valence-electron chi connectivity index (χ4n) is 3.96. The second-order valence-corrected chi connectivity index (χ2v) is 8.99. The molecule has 1 atom stereocenters. The lowest BCUT2D eigenvalue weighted by Crippen LogP contribution is -2.62. The quantitative estimate of drug-likeness (QED) is 0.820. The number of carbonyl (C=O) groups excluding carboxylic acids is 2. The number of rotatable bonds is 2. The fourth-order valence-corrected chi connectivity index (χ4v) is 3.96. The van der Waals surface area contributed by atoms with Crippen LogP contribution in [-0.4, -0.2) is 65.9 Å². The van der Waals surface area contributed by atoms with E-state index in [4.69, 9.17) is 9.47 Å². The molecule has 2 aliphatic heterocycles. The molecule has 1 N–H and O–H groups in total. The molecule has 0 aromatic heterocycles. The zero-order valence-corrected chi connectivity index (χ0v) is 17.8. The molecule has 2 heterocycles. The molecule has 2 fully saturated rings. The Hall–Kier alpha value is -2.28. The summed E-state index contributed by atoms with van der Waals surface area (Å²) in [5.74, 6) is 0. The van der Waals surface area contributed by atoms with Crippen LogP contribution >= 0.6 is 0 Å². The average molecular weight is 404 g/mol. The van der Waals surface area contributed by atoms with Crippen molar-refractivity contribution < 1.29 is 19.1 Å². The highest BCUT2D eigenvalue weighted by Gasteiger charge is 2.40. The predicted octanol–water partition coefficient (Wildman–Crippen LogP) is 3.39. The maximum atomic E-state index is 12.5. The molecular weight excluding hydrogens is 370 g/mol. The number of nitrogens with one attached hydrogen (secondary N) is 1. The zero-order chi connectivity index (χ0) is 20.9. The highest BCUT2D eigenvalue weighted by atomic mass is 16.6. The van der Waals surface area contributed by atoms with E-state index in [9.17, 15) is 9.59 Å². The van der Waals surface area contributed by atoms with Gasteiger partial charge >= 0.3 is 12.2 Å². The zero-order valence-electron chi connectivity index (χ0n) is 17.8. The van der Waals surface area contributed by atoms with Crippen molar-refractivity contribution in [1.82, 2.24) is 15.1 Å². The molecule has 3 rings (SSSR count). The van der Waals surface area contributed by atoms with Crippen LogP contribution in [0.4, 0.5) is 9.59 Å². The van der Waals surface area contributed by atoms with Crippen molar-refractivity contribution in [3.05, 3.63) is 35.9 Å². The van der Waals surface area contributed by atoms with Gasteiger partial charge in [-0.1, -0.05) is 30.3 Å². The van der Waals surface area contributed by atoms with Crippen LogP contribution in [0.5, 0.6) is 0 Å². The number of likely N-dealkylation sites (tertiary alicyclic amines) is 1. The number of piperazine rings is 1. The Morgan fingerprint density at radius 1 is 1.03 bits per heavy atom. The Kier molecular flexibility index (Phi) is 6.67. The second-order valence-electron chi connectivity index (χ2n) is 8.99. The van der Waals surface area contributed by atoms with Crippen LogP contribution in [-0.2, 0) is 16.1 Å². The molecule has 0 radical (unpaired) electrons. The molecular formula is C22H33N3O4. The summed E-state index contributed by atoms with van der Waals surface area (Å²) < 4.78 is 11.0. The molecule has 1 aromatic carbocycles. The summed E-state index contributed by atoms with van der Waals surface area (Å²) >= 11 is 0. The third-order valence-electron chi connectivity index (χ3n) is 5.43. The smallest absolute Gasteiger partial charge is 0.410 e. The molecule has 2 aliphatic rings. The van der Waals surface area contributed by atoms with Gasteiger partial charge < -0.3 is 24.6 Å². The Morgan fingerprint density at radius 3 is 2.52 bits per heavy atom. The van der Waals surface area contributed by atoms with Crippen LogP contribution in [0.25, 0.3) is 0 Å². The van der Waals surface area contributed by atoms with Gasteiger partial charge in [0.1, 0.15) is 12.2 Å². The van der Waals surface area contributed by atoms with Gasteiger partial charge in [-0.25, -0.2) is 9.59 Å². The Bertz CT molecular complexity index is 704. The number of hydrogen-bond donors (Lipinski definition) is 1. The number of hydrogen-bond acceptors (Lipinski definition) is 5. The minimum atomic E-state index is -0.502. The first-order valence-electron chi connectivity index (χ1n) is 10.4. The lowest BCUT2D eigenvalue weighted by atomic mass is 9.88.